The van der Waals surface area contributed by atoms with Gasteiger partial charge in [0.25, 0.3) is 5.91 Å². The average molecular weight is 350 g/mol. The number of benzene rings is 1. The standard InChI is InChI=1S/C21H26N4O/c1-16-7-5-6-10-18(16)15-23-20-12-11-19(24-25-20)21(26)22-14-13-17-8-3-2-4-9-17/h5-8,10-12H,2-4,9,13-15H2,1H3,(H,22,26)(H,23,25). The zero-order valence-corrected chi connectivity index (χ0v) is 15.3. The molecule has 0 bridgehead atoms. The summed E-state index contributed by atoms with van der Waals surface area (Å²) in [7, 11) is 0. The number of rotatable bonds is 7. The maximum absolute atomic E-state index is 12.2. The number of aryl methyl sites for hydroxylation is 1. The van der Waals surface area contributed by atoms with Gasteiger partial charge >= 0.3 is 0 Å². The maximum atomic E-state index is 12.2. The molecule has 5 heteroatoms. The van der Waals surface area contributed by atoms with Crippen LogP contribution in [0.4, 0.5) is 5.82 Å². The minimum atomic E-state index is -0.167. The van der Waals surface area contributed by atoms with Crippen LogP contribution in [0.25, 0.3) is 0 Å². The van der Waals surface area contributed by atoms with E-state index in [1.165, 1.54) is 36.0 Å². The SMILES string of the molecule is Cc1ccccc1CNc1ccc(C(=O)NCCC2=CCCCC2)nn1. The van der Waals surface area contributed by atoms with Gasteiger partial charge in [-0.25, -0.2) is 0 Å². The zero-order valence-electron chi connectivity index (χ0n) is 15.3. The van der Waals surface area contributed by atoms with E-state index in [1.54, 1.807) is 12.1 Å². The van der Waals surface area contributed by atoms with Crippen molar-refractivity contribution in [2.24, 2.45) is 0 Å². The van der Waals surface area contributed by atoms with Crippen molar-refractivity contribution in [2.75, 3.05) is 11.9 Å². The van der Waals surface area contributed by atoms with Crippen LogP contribution in [0.3, 0.4) is 0 Å². The number of hydrogen-bond acceptors (Lipinski definition) is 4. The molecule has 2 N–H and O–H groups in total. The third-order valence-corrected chi connectivity index (χ3v) is 4.74. The molecule has 1 aromatic heterocycles. The first kappa shape index (κ1) is 18.1. The van der Waals surface area contributed by atoms with Gasteiger partial charge in [-0.1, -0.05) is 35.9 Å². The number of carbonyl (C=O) groups is 1. The molecule has 1 aliphatic carbocycles. The Hall–Kier alpha value is -2.69. The van der Waals surface area contributed by atoms with Crippen molar-refractivity contribution in [3.8, 4) is 0 Å². The van der Waals surface area contributed by atoms with Gasteiger partial charge in [0.1, 0.15) is 5.82 Å². The first-order chi connectivity index (χ1) is 12.7. The highest BCUT2D eigenvalue weighted by Gasteiger charge is 2.09. The Bertz CT molecular complexity index is 768. The molecule has 0 atom stereocenters. The topological polar surface area (TPSA) is 66.9 Å². The number of amides is 1. The van der Waals surface area contributed by atoms with Crippen LogP contribution < -0.4 is 10.6 Å². The number of nitrogens with zero attached hydrogens (tertiary/aromatic N) is 2. The molecule has 1 heterocycles. The lowest BCUT2D eigenvalue weighted by molar-refractivity contribution is 0.0948. The molecule has 0 unspecified atom stereocenters. The fraction of sp³-hybridized carbons (Fsp3) is 0.381. The van der Waals surface area contributed by atoms with E-state index in [9.17, 15) is 4.79 Å². The Morgan fingerprint density at radius 1 is 1.12 bits per heavy atom. The number of aromatic nitrogens is 2. The van der Waals surface area contributed by atoms with E-state index in [4.69, 9.17) is 0 Å². The molecule has 2 aromatic rings. The molecule has 1 aliphatic rings. The van der Waals surface area contributed by atoms with Crippen LogP contribution in [0, 0.1) is 6.92 Å². The van der Waals surface area contributed by atoms with E-state index in [0.717, 1.165) is 12.8 Å². The molecule has 3 rings (SSSR count). The summed E-state index contributed by atoms with van der Waals surface area (Å²) in [5.41, 5.74) is 4.26. The number of hydrogen-bond donors (Lipinski definition) is 2. The van der Waals surface area contributed by atoms with Gasteiger partial charge in [0.15, 0.2) is 5.69 Å². The smallest absolute Gasteiger partial charge is 0.271 e. The van der Waals surface area contributed by atoms with E-state index in [0.29, 0.717) is 24.6 Å². The Morgan fingerprint density at radius 2 is 2.00 bits per heavy atom. The zero-order chi connectivity index (χ0) is 18.2. The second-order valence-corrected chi connectivity index (χ2v) is 6.70. The fourth-order valence-corrected chi connectivity index (χ4v) is 3.10. The third-order valence-electron chi connectivity index (χ3n) is 4.74. The van der Waals surface area contributed by atoms with E-state index in [1.807, 2.05) is 12.1 Å². The molecule has 1 amide bonds. The predicted octanol–water partition coefficient (Wildman–Crippen LogP) is 4.02. The van der Waals surface area contributed by atoms with E-state index >= 15 is 0 Å². The first-order valence-electron chi connectivity index (χ1n) is 9.30. The summed E-state index contributed by atoms with van der Waals surface area (Å²) in [6, 6.07) is 11.7. The van der Waals surface area contributed by atoms with Crippen LogP contribution in [-0.2, 0) is 6.54 Å². The van der Waals surface area contributed by atoms with Crippen LogP contribution in [0.15, 0.2) is 48.0 Å². The molecule has 26 heavy (non-hydrogen) atoms. The van der Waals surface area contributed by atoms with Gasteiger partial charge in [-0.15, -0.1) is 10.2 Å². The Labute approximate surface area is 154 Å². The highest BCUT2D eigenvalue weighted by Crippen LogP contribution is 2.19. The molecule has 1 aromatic carbocycles. The number of allylic oxidation sites excluding steroid dienone is 1. The van der Waals surface area contributed by atoms with Gasteiger partial charge in [-0.2, -0.15) is 0 Å². The second-order valence-electron chi connectivity index (χ2n) is 6.70. The largest absolute Gasteiger partial charge is 0.364 e. The van der Waals surface area contributed by atoms with Crippen molar-refractivity contribution >= 4 is 11.7 Å². The van der Waals surface area contributed by atoms with Crippen molar-refractivity contribution in [1.29, 1.82) is 0 Å². The predicted molar refractivity (Wildman–Crippen MR) is 104 cm³/mol. The molecule has 0 aliphatic heterocycles. The molecule has 0 spiro atoms. The summed E-state index contributed by atoms with van der Waals surface area (Å²) in [5.74, 6) is 0.497. The van der Waals surface area contributed by atoms with Gasteiger partial charge in [0, 0.05) is 13.1 Å². The van der Waals surface area contributed by atoms with Crippen LogP contribution in [0.5, 0.6) is 0 Å². The summed E-state index contributed by atoms with van der Waals surface area (Å²) in [6.45, 7) is 3.42. The number of carbonyl (C=O) groups excluding carboxylic acids is 1. The highest BCUT2D eigenvalue weighted by molar-refractivity contribution is 5.92. The molecule has 5 nitrogen and oxygen atoms in total. The maximum Gasteiger partial charge on any atom is 0.271 e. The monoisotopic (exact) mass is 350 g/mol. The van der Waals surface area contributed by atoms with Crippen molar-refractivity contribution < 1.29 is 4.79 Å². The molecule has 0 saturated heterocycles. The normalized spacial score (nSPS) is 13.8. The minimum Gasteiger partial charge on any atom is -0.364 e. The summed E-state index contributed by atoms with van der Waals surface area (Å²) in [4.78, 5) is 12.2. The lowest BCUT2D eigenvalue weighted by Gasteiger charge is -2.12. The van der Waals surface area contributed by atoms with Crippen molar-refractivity contribution in [3.63, 3.8) is 0 Å². The summed E-state index contributed by atoms with van der Waals surface area (Å²) in [6.07, 6.45) is 8.13. The quantitative estimate of drug-likeness (QED) is 0.740. The molecule has 136 valence electrons. The van der Waals surface area contributed by atoms with Gasteiger partial charge in [0.05, 0.1) is 0 Å². The van der Waals surface area contributed by atoms with Crippen LogP contribution in [0.2, 0.25) is 0 Å². The minimum absolute atomic E-state index is 0.167. The van der Waals surface area contributed by atoms with Crippen LogP contribution in [0.1, 0.15) is 53.7 Å². The second kappa shape index (κ2) is 9.13. The highest BCUT2D eigenvalue weighted by atomic mass is 16.1. The average Bonchev–Trinajstić information content (AvgIpc) is 2.68. The third kappa shape index (κ3) is 5.15. The Kier molecular flexibility index (Phi) is 6.36. The number of anilines is 1. The molecular formula is C21H26N4O. The lowest BCUT2D eigenvalue weighted by atomic mass is 9.97. The Balaban J connectivity index is 1.46. The summed E-state index contributed by atoms with van der Waals surface area (Å²) < 4.78 is 0. The fourth-order valence-electron chi connectivity index (χ4n) is 3.10. The summed E-state index contributed by atoms with van der Waals surface area (Å²) >= 11 is 0. The van der Waals surface area contributed by atoms with Gasteiger partial charge < -0.3 is 10.6 Å². The van der Waals surface area contributed by atoms with E-state index in [2.05, 4.69) is 46.0 Å². The van der Waals surface area contributed by atoms with Gasteiger partial charge in [-0.05, 0) is 62.3 Å². The van der Waals surface area contributed by atoms with Crippen LogP contribution in [-0.4, -0.2) is 22.6 Å². The molecule has 0 saturated carbocycles. The van der Waals surface area contributed by atoms with Crippen molar-refractivity contribution in [1.82, 2.24) is 15.5 Å². The molecule has 0 radical (unpaired) electrons. The van der Waals surface area contributed by atoms with E-state index < -0.39 is 0 Å². The van der Waals surface area contributed by atoms with Crippen LogP contribution >= 0.6 is 0 Å². The van der Waals surface area contributed by atoms with Crippen molar-refractivity contribution in [2.45, 2.75) is 45.6 Å². The first-order valence-corrected chi connectivity index (χ1v) is 9.30. The summed E-state index contributed by atoms with van der Waals surface area (Å²) in [5, 5.41) is 14.3. The molecular weight excluding hydrogens is 324 g/mol. The van der Waals surface area contributed by atoms with Gasteiger partial charge in [-0.3, -0.25) is 4.79 Å². The Morgan fingerprint density at radius 3 is 2.73 bits per heavy atom. The molecule has 0 fully saturated rings. The van der Waals surface area contributed by atoms with Gasteiger partial charge in [0.2, 0.25) is 0 Å². The number of nitrogens with one attached hydrogen (secondary N) is 2. The lowest BCUT2D eigenvalue weighted by Crippen LogP contribution is -2.26. The van der Waals surface area contributed by atoms with Crippen molar-refractivity contribution in [3.05, 3.63) is 64.9 Å². The van der Waals surface area contributed by atoms with E-state index in [-0.39, 0.29) is 5.91 Å².